The summed E-state index contributed by atoms with van der Waals surface area (Å²) in [5, 5.41) is 9.39. The molecule has 4 nitrogen and oxygen atoms in total. The largest absolute Gasteiger partial charge is 0.383 e. The zero-order valence-corrected chi connectivity index (χ0v) is 7.92. The van der Waals surface area contributed by atoms with Crippen LogP contribution in [0.4, 0.5) is 0 Å². The number of pyridine rings is 1. The summed E-state index contributed by atoms with van der Waals surface area (Å²) in [6.07, 6.45) is 3.01. The molecule has 0 unspecified atom stereocenters. The minimum atomic E-state index is -0.849. The molecule has 0 radical (unpaired) electrons. The van der Waals surface area contributed by atoms with E-state index in [2.05, 4.69) is 4.98 Å². The SMILES string of the molecule is CN1C(=O)[C@@H](O)C[C@H]1c1ccncc1. The Balaban J connectivity index is 2.26. The average Bonchev–Trinajstić information content (AvgIpc) is 2.47. The Bertz CT molecular complexity index is 339. The Morgan fingerprint density at radius 1 is 1.50 bits per heavy atom. The van der Waals surface area contributed by atoms with Crippen LogP contribution in [0.15, 0.2) is 24.5 Å². The van der Waals surface area contributed by atoms with Crippen molar-refractivity contribution < 1.29 is 9.90 Å². The van der Waals surface area contributed by atoms with E-state index < -0.39 is 6.10 Å². The summed E-state index contributed by atoms with van der Waals surface area (Å²) in [6, 6.07) is 3.72. The van der Waals surface area contributed by atoms with Gasteiger partial charge in [0.25, 0.3) is 5.91 Å². The van der Waals surface area contributed by atoms with Crippen LogP contribution in [0.1, 0.15) is 18.0 Å². The number of nitrogens with zero attached hydrogens (tertiary/aromatic N) is 2. The first-order valence-corrected chi connectivity index (χ1v) is 4.55. The Morgan fingerprint density at radius 2 is 2.14 bits per heavy atom. The van der Waals surface area contributed by atoms with Crippen molar-refractivity contribution in [1.29, 1.82) is 0 Å². The normalized spacial score (nSPS) is 27.0. The third-order valence-corrected chi connectivity index (χ3v) is 2.64. The van der Waals surface area contributed by atoms with Crippen LogP contribution in [0.25, 0.3) is 0 Å². The fourth-order valence-corrected chi connectivity index (χ4v) is 1.80. The van der Waals surface area contributed by atoms with E-state index in [4.69, 9.17) is 0 Å². The quantitative estimate of drug-likeness (QED) is 0.698. The fourth-order valence-electron chi connectivity index (χ4n) is 1.80. The van der Waals surface area contributed by atoms with Crippen LogP contribution >= 0.6 is 0 Å². The molecule has 1 aromatic heterocycles. The van der Waals surface area contributed by atoms with Gasteiger partial charge in [0.1, 0.15) is 6.10 Å². The molecule has 1 aromatic rings. The zero-order chi connectivity index (χ0) is 10.1. The topological polar surface area (TPSA) is 53.4 Å². The Kier molecular flexibility index (Phi) is 2.21. The van der Waals surface area contributed by atoms with Gasteiger partial charge in [-0.05, 0) is 17.7 Å². The average molecular weight is 192 g/mol. The van der Waals surface area contributed by atoms with Gasteiger partial charge in [-0.15, -0.1) is 0 Å². The third-order valence-electron chi connectivity index (χ3n) is 2.64. The minimum absolute atomic E-state index is 0.0134. The number of rotatable bonds is 1. The standard InChI is InChI=1S/C10H12N2O2/c1-12-8(6-9(13)10(12)14)7-2-4-11-5-3-7/h2-5,8-9,13H,6H2,1H3/t8-,9-/m0/s1. The number of hydrogen-bond donors (Lipinski definition) is 1. The molecule has 1 aliphatic heterocycles. The maximum atomic E-state index is 11.3. The predicted octanol–water partition coefficient (Wildman–Crippen LogP) is 0.346. The highest BCUT2D eigenvalue weighted by Crippen LogP contribution is 2.30. The van der Waals surface area contributed by atoms with Crippen molar-refractivity contribution >= 4 is 5.91 Å². The molecule has 0 aliphatic carbocycles. The lowest BCUT2D eigenvalue weighted by Gasteiger charge is -2.19. The van der Waals surface area contributed by atoms with Crippen molar-refractivity contribution in [2.24, 2.45) is 0 Å². The fraction of sp³-hybridized carbons (Fsp3) is 0.400. The molecule has 4 heteroatoms. The van der Waals surface area contributed by atoms with Crippen molar-refractivity contribution in [3.05, 3.63) is 30.1 Å². The molecule has 14 heavy (non-hydrogen) atoms. The summed E-state index contributed by atoms with van der Waals surface area (Å²) in [4.78, 5) is 16.8. The molecule has 1 aliphatic rings. The number of carbonyl (C=O) groups is 1. The van der Waals surface area contributed by atoms with Gasteiger partial charge in [0.15, 0.2) is 0 Å². The molecule has 1 saturated heterocycles. The molecular formula is C10H12N2O2. The lowest BCUT2D eigenvalue weighted by Crippen LogP contribution is -2.26. The van der Waals surface area contributed by atoms with E-state index in [0.717, 1.165) is 5.56 Å². The Hall–Kier alpha value is -1.42. The molecule has 0 aromatic carbocycles. The van der Waals surface area contributed by atoms with Gasteiger partial charge in [0, 0.05) is 25.9 Å². The highest BCUT2D eigenvalue weighted by Gasteiger charge is 2.36. The molecule has 2 atom stereocenters. The molecule has 74 valence electrons. The summed E-state index contributed by atoms with van der Waals surface area (Å²) in [5.41, 5.74) is 1.02. The van der Waals surface area contributed by atoms with Crippen LogP contribution in [0.5, 0.6) is 0 Å². The maximum Gasteiger partial charge on any atom is 0.251 e. The van der Waals surface area contributed by atoms with Crippen molar-refractivity contribution in [2.75, 3.05) is 7.05 Å². The second-order valence-electron chi connectivity index (χ2n) is 3.50. The van der Waals surface area contributed by atoms with Crippen LogP contribution in [-0.4, -0.2) is 34.0 Å². The molecule has 0 spiro atoms. The van der Waals surface area contributed by atoms with E-state index in [-0.39, 0.29) is 11.9 Å². The predicted molar refractivity (Wildman–Crippen MR) is 50.4 cm³/mol. The van der Waals surface area contributed by atoms with E-state index in [9.17, 15) is 9.90 Å². The molecule has 2 heterocycles. The maximum absolute atomic E-state index is 11.3. The molecule has 2 rings (SSSR count). The number of likely N-dealkylation sites (N-methyl/N-ethyl adjacent to an activating group) is 1. The van der Waals surface area contributed by atoms with Crippen molar-refractivity contribution in [3.8, 4) is 0 Å². The number of aliphatic hydroxyl groups is 1. The van der Waals surface area contributed by atoms with Crippen LogP contribution in [0.3, 0.4) is 0 Å². The number of aromatic nitrogens is 1. The van der Waals surface area contributed by atoms with Gasteiger partial charge in [0.2, 0.25) is 0 Å². The lowest BCUT2D eigenvalue weighted by molar-refractivity contribution is -0.134. The van der Waals surface area contributed by atoms with Crippen LogP contribution in [0, 0.1) is 0 Å². The second kappa shape index (κ2) is 3.38. The van der Waals surface area contributed by atoms with E-state index in [1.807, 2.05) is 12.1 Å². The van der Waals surface area contributed by atoms with Crippen molar-refractivity contribution in [2.45, 2.75) is 18.6 Å². The summed E-state index contributed by atoms with van der Waals surface area (Å²) in [7, 11) is 1.71. The molecule has 0 bridgehead atoms. The first kappa shape index (κ1) is 9.15. The smallest absolute Gasteiger partial charge is 0.251 e. The first-order valence-electron chi connectivity index (χ1n) is 4.55. The van der Waals surface area contributed by atoms with E-state index in [1.54, 1.807) is 24.3 Å². The van der Waals surface area contributed by atoms with Crippen LogP contribution < -0.4 is 0 Å². The number of hydrogen-bond acceptors (Lipinski definition) is 3. The summed E-state index contributed by atoms with van der Waals surface area (Å²) in [6.45, 7) is 0. The second-order valence-corrected chi connectivity index (χ2v) is 3.50. The minimum Gasteiger partial charge on any atom is -0.383 e. The molecule has 1 N–H and O–H groups in total. The summed E-state index contributed by atoms with van der Waals surface area (Å²) < 4.78 is 0. The molecule has 1 amide bonds. The Morgan fingerprint density at radius 3 is 2.64 bits per heavy atom. The van der Waals surface area contributed by atoms with Gasteiger partial charge in [-0.25, -0.2) is 0 Å². The number of aliphatic hydroxyl groups excluding tert-OH is 1. The lowest BCUT2D eigenvalue weighted by atomic mass is 10.1. The first-order chi connectivity index (χ1) is 6.70. The highest BCUT2D eigenvalue weighted by molar-refractivity contribution is 5.83. The van der Waals surface area contributed by atoms with Gasteiger partial charge in [-0.2, -0.15) is 0 Å². The van der Waals surface area contributed by atoms with Gasteiger partial charge >= 0.3 is 0 Å². The van der Waals surface area contributed by atoms with Crippen LogP contribution in [-0.2, 0) is 4.79 Å². The third kappa shape index (κ3) is 1.37. The molecular weight excluding hydrogens is 180 g/mol. The van der Waals surface area contributed by atoms with E-state index in [1.165, 1.54) is 0 Å². The zero-order valence-electron chi connectivity index (χ0n) is 7.92. The number of carbonyl (C=O) groups excluding carboxylic acids is 1. The highest BCUT2D eigenvalue weighted by atomic mass is 16.3. The summed E-state index contributed by atoms with van der Waals surface area (Å²) in [5.74, 6) is -0.202. The van der Waals surface area contributed by atoms with Gasteiger partial charge < -0.3 is 10.0 Å². The number of amides is 1. The van der Waals surface area contributed by atoms with Gasteiger partial charge in [-0.1, -0.05) is 0 Å². The van der Waals surface area contributed by atoms with E-state index in [0.29, 0.717) is 6.42 Å². The van der Waals surface area contributed by atoms with Crippen LogP contribution in [0.2, 0.25) is 0 Å². The van der Waals surface area contributed by atoms with E-state index >= 15 is 0 Å². The van der Waals surface area contributed by atoms with Gasteiger partial charge in [0.05, 0.1) is 6.04 Å². The monoisotopic (exact) mass is 192 g/mol. The molecule has 1 fully saturated rings. The molecule has 0 saturated carbocycles. The number of likely N-dealkylation sites (tertiary alicyclic amines) is 1. The van der Waals surface area contributed by atoms with Gasteiger partial charge in [-0.3, -0.25) is 9.78 Å². The Labute approximate surface area is 82.2 Å². The summed E-state index contributed by atoms with van der Waals surface area (Å²) >= 11 is 0. The van der Waals surface area contributed by atoms with Crippen molar-refractivity contribution in [1.82, 2.24) is 9.88 Å². The van der Waals surface area contributed by atoms with Crippen molar-refractivity contribution in [3.63, 3.8) is 0 Å².